The second kappa shape index (κ2) is 29.5. The highest BCUT2D eigenvalue weighted by molar-refractivity contribution is 5.77. The standard InChI is InChI=1S/C32H62O5/c1-4-6-8-10-11-12-13-14-15-16-17-18-19-20-22-29-36-31(33)26-27-32(34)37-30(25-23-28-35-3)24-21-9-7-5-2/h30H,4-29H2,1-3H3. The molecule has 0 aromatic rings. The van der Waals surface area contributed by atoms with Gasteiger partial charge < -0.3 is 14.2 Å². The van der Waals surface area contributed by atoms with Gasteiger partial charge in [-0.25, -0.2) is 0 Å². The molecule has 0 amide bonds. The summed E-state index contributed by atoms with van der Waals surface area (Å²) in [5, 5.41) is 0. The Hall–Kier alpha value is -1.10. The minimum absolute atomic E-state index is 0.0733. The van der Waals surface area contributed by atoms with E-state index in [0.717, 1.165) is 38.5 Å². The maximum atomic E-state index is 12.2. The van der Waals surface area contributed by atoms with Crippen LogP contribution < -0.4 is 0 Å². The van der Waals surface area contributed by atoms with Gasteiger partial charge in [0.1, 0.15) is 6.10 Å². The third kappa shape index (κ3) is 27.7. The Labute approximate surface area is 230 Å². The first-order valence-electron chi connectivity index (χ1n) is 16.0. The Balaban J connectivity index is 3.62. The quantitative estimate of drug-likeness (QED) is 0.0717. The van der Waals surface area contributed by atoms with Crippen molar-refractivity contribution < 1.29 is 23.8 Å². The third-order valence-corrected chi connectivity index (χ3v) is 7.10. The Morgan fingerprint density at radius 2 is 0.946 bits per heavy atom. The van der Waals surface area contributed by atoms with E-state index >= 15 is 0 Å². The molecule has 1 atom stereocenters. The molecule has 5 nitrogen and oxygen atoms in total. The second-order valence-corrected chi connectivity index (χ2v) is 10.8. The van der Waals surface area contributed by atoms with Crippen LogP contribution in [0.3, 0.4) is 0 Å². The summed E-state index contributed by atoms with van der Waals surface area (Å²) in [6.07, 6.45) is 27.1. The molecule has 0 aromatic heterocycles. The van der Waals surface area contributed by atoms with Gasteiger partial charge in [-0.05, 0) is 32.1 Å². The lowest BCUT2D eigenvalue weighted by atomic mass is 10.0. The highest BCUT2D eigenvalue weighted by Crippen LogP contribution is 2.15. The molecule has 220 valence electrons. The van der Waals surface area contributed by atoms with Crippen molar-refractivity contribution in [1.82, 2.24) is 0 Å². The van der Waals surface area contributed by atoms with Crippen LogP contribution in [0.5, 0.6) is 0 Å². The fraction of sp³-hybridized carbons (Fsp3) is 0.938. The van der Waals surface area contributed by atoms with Crippen LogP contribution in [0.15, 0.2) is 0 Å². The van der Waals surface area contributed by atoms with Crippen molar-refractivity contribution in [2.24, 2.45) is 0 Å². The first-order chi connectivity index (χ1) is 18.1. The molecule has 0 heterocycles. The molecule has 0 aliphatic carbocycles. The number of carbonyl (C=O) groups excluding carboxylic acids is 2. The Morgan fingerprint density at radius 1 is 0.514 bits per heavy atom. The lowest BCUT2D eigenvalue weighted by Crippen LogP contribution is -2.20. The van der Waals surface area contributed by atoms with E-state index in [1.54, 1.807) is 7.11 Å². The van der Waals surface area contributed by atoms with Crippen molar-refractivity contribution in [3.63, 3.8) is 0 Å². The van der Waals surface area contributed by atoms with Crippen LogP contribution in [0.2, 0.25) is 0 Å². The van der Waals surface area contributed by atoms with E-state index in [0.29, 0.717) is 13.2 Å². The van der Waals surface area contributed by atoms with Crippen molar-refractivity contribution in [3.8, 4) is 0 Å². The highest BCUT2D eigenvalue weighted by atomic mass is 16.5. The number of carbonyl (C=O) groups is 2. The molecule has 0 N–H and O–H groups in total. The lowest BCUT2D eigenvalue weighted by Gasteiger charge is -2.18. The summed E-state index contributed by atoms with van der Waals surface area (Å²) in [5.41, 5.74) is 0. The topological polar surface area (TPSA) is 61.8 Å². The normalized spacial score (nSPS) is 12.0. The van der Waals surface area contributed by atoms with Gasteiger partial charge in [-0.3, -0.25) is 9.59 Å². The average molecular weight is 527 g/mol. The molecule has 0 aromatic carbocycles. The minimum Gasteiger partial charge on any atom is -0.466 e. The van der Waals surface area contributed by atoms with E-state index in [1.165, 1.54) is 103 Å². The van der Waals surface area contributed by atoms with Crippen LogP contribution in [0.4, 0.5) is 0 Å². The van der Waals surface area contributed by atoms with Crippen molar-refractivity contribution in [3.05, 3.63) is 0 Å². The van der Waals surface area contributed by atoms with Crippen LogP contribution in [-0.2, 0) is 23.8 Å². The van der Waals surface area contributed by atoms with Gasteiger partial charge in [0.2, 0.25) is 0 Å². The number of hydrogen-bond acceptors (Lipinski definition) is 5. The maximum absolute atomic E-state index is 12.2. The van der Waals surface area contributed by atoms with Crippen LogP contribution in [0.1, 0.15) is 168 Å². The van der Waals surface area contributed by atoms with E-state index in [2.05, 4.69) is 13.8 Å². The van der Waals surface area contributed by atoms with Crippen LogP contribution in [-0.4, -0.2) is 38.4 Å². The summed E-state index contributed by atoms with van der Waals surface area (Å²) in [6, 6.07) is 0. The monoisotopic (exact) mass is 526 g/mol. The molecule has 0 saturated heterocycles. The SMILES string of the molecule is CCCCCCCCCCCCCCCCCOC(=O)CCC(=O)OC(CCCCCC)CCCOC. The first kappa shape index (κ1) is 35.9. The summed E-state index contributed by atoms with van der Waals surface area (Å²) < 4.78 is 16.1. The summed E-state index contributed by atoms with van der Waals surface area (Å²) in [4.78, 5) is 24.2. The van der Waals surface area contributed by atoms with Crippen molar-refractivity contribution >= 4 is 11.9 Å². The molecule has 0 saturated carbocycles. The summed E-state index contributed by atoms with van der Waals surface area (Å²) in [7, 11) is 1.69. The summed E-state index contributed by atoms with van der Waals surface area (Å²) >= 11 is 0. The molecular weight excluding hydrogens is 464 g/mol. The molecule has 0 aliphatic heterocycles. The molecule has 1 unspecified atom stereocenters. The van der Waals surface area contributed by atoms with E-state index in [1.807, 2.05) is 0 Å². The van der Waals surface area contributed by atoms with Gasteiger partial charge in [0, 0.05) is 13.7 Å². The van der Waals surface area contributed by atoms with Gasteiger partial charge in [-0.15, -0.1) is 0 Å². The van der Waals surface area contributed by atoms with Gasteiger partial charge >= 0.3 is 11.9 Å². The minimum atomic E-state index is -0.291. The smallest absolute Gasteiger partial charge is 0.306 e. The van der Waals surface area contributed by atoms with Crippen molar-refractivity contribution in [1.29, 1.82) is 0 Å². The van der Waals surface area contributed by atoms with Crippen LogP contribution in [0.25, 0.3) is 0 Å². The van der Waals surface area contributed by atoms with E-state index in [-0.39, 0.29) is 30.9 Å². The van der Waals surface area contributed by atoms with Gasteiger partial charge in [0.25, 0.3) is 0 Å². The fourth-order valence-corrected chi connectivity index (χ4v) is 4.70. The molecule has 37 heavy (non-hydrogen) atoms. The number of hydrogen-bond donors (Lipinski definition) is 0. The average Bonchev–Trinajstić information content (AvgIpc) is 2.89. The van der Waals surface area contributed by atoms with Gasteiger partial charge in [-0.2, -0.15) is 0 Å². The van der Waals surface area contributed by atoms with Crippen LogP contribution >= 0.6 is 0 Å². The number of methoxy groups -OCH3 is 1. The van der Waals surface area contributed by atoms with Crippen molar-refractivity contribution in [2.45, 2.75) is 174 Å². The predicted molar refractivity (Wildman–Crippen MR) is 155 cm³/mol. The van der Waals surface area contributed by atoms with E-state index in [9.17, 15) is 9.59 Å². The maximum Gasteiger partial charge on any atom is 0.306 e. The molecule has 0 spiro atoms. The summed E-state index contributed by atoms with van der Waals surface area (Å²) in [6.45, 7) is 5.60. The second-order valence-electron chi connectivity index (χ2n) is 10.8. The van der Waals surface area contributed by atoms with E-state index < -0.39 is 0 Å². The Morgan fingerprint density at radius 3 is 1.46 bits per heavy atom. The zero-order valence-corrected chi connectivity index (χ0v) is 25.0. The predicted octanol–water partition coefficient (Wildman–Crippen LogP) is 9.49. The molecule has 0 bridgehead atoms. The van der Waals surface area contributed by atoms with Gasteiger partial charge in [0.15, 0.2) is 0 Å². The van der Waals surface area contributed by atoms with Crippen molar-refractivity contribution in [2.75, 3.05) is 20.3 Å². The fourth-order valence-electron chi connectivity index (χ4n) is 4.70. The number of unbranched alkanes of at least 4 members (excludes halogenated alkanes) is 17. The lowest BCUT2D eigenvalue weighted by molar-refractivity contribution is -0.154. The van der Waals surface area contributed by atoms with Crippen LogP contribution in [0, 0.1) is 0 Å². The van der Waals surface area contributed by atoms with Gasteiger partial charge in [-0.1, -0.05) is 123 Å². The summed E-state index contributed by atoms with van der Waals surface area (Å²) in [5.74, 6) is -0.581. The molecule has 0 radical (unpaired) electrons. The molecule has 0 fully saturated rings. The zero-order valence-electron chi connectivity index (χ0n) is 25.0. The molecular formula is C32H62O5. The van der Waals surface area contributed by atoms with E-state index in [4.69, 9.17) is 14.2 Å². The molecule has 5 heteroatoms. The Kier molecular flexibility index (Phi) is 28.6. The third-order valence-electron chi connectivity index (χ3n) is 7.10. The number of esters is 2. The highest BCUT2D eigenvalue weighted by Gasteiger charge is 2.16. The Bertz CT molecular complexity index is 494. The molecule has 0 aliphatic rings. The molecule has 0 rings (SSSR count). The number of ether oxygens (including phenoxy) is 3. The number of rotatable bonds is 29. The first-order valence-corrected chi connectivity index (χ1v) is 16.0. The largest absolute Gasteiger partial charge is 0.466 e. The zero-order chi connectivity index (χ0) is 27.2. The van der Waals surface area contributed by atoms with Gasteiger partial charge in [0.05, 0.1) is 19.4 Å².